The van der Waals surface area contributed by atoms with Crippen molar-refractivity contribution in [1.82, 2.24) is 14.8 Å². The van der Waals surface area contributed by atoms with Crippen LogP contribution in [0.5, 0.6) is 0 Å². The average Bonchev–Trinajstić information content (AvgIpc) is 2.74. The van der Waals surface area contributed by atoms with Crippen LogP contribution in [-0.4, -0.2) is 28.0 Å². The lowest BCUT2D eigenvalue weighted by molar-refractivity contribution is -0.102. The molecule has 0 N–H and O–H groups in total. The number of alkyl halides is 1. The molecular formula is C13H13BrFN3O. The maximum absolute atomic E-state index is 14.9. The van der Waals surface area contributed by atoms with E-state index < -0.39 is 11.6 Å². The molecule has 1 aliphatic rings. The molecule has 0 aliphatic carbocycles. The molecular weight excluding hydrogens is 313 g/mol. The van der Waals surface area contributed by atoms with Crippen molar-refractivity contribution in [3.8, 4) is 0 Å². The van der Waals surface area contributed by atoms with Gasteiger partial charge in [0.1, 0.15) is 6.33 Å². The second-order valence-corrected chi connectivity index (χ2v) is 5.74. The molecule has 0 bridgehead atoms. The van der Waals surface area contributed by atoms with Crippen LogP contribution in [0, 0.1) is 0 Å². The topological polar surface area (TPSA) is 39.9 Å². The first-order valence-electron chi connectivity index (χ1n) is 5.95. The first-order chi connectivity index (χ1) is 9.13. The van der Waals surface area contributed by atoms with Gasteiger partial charge in [0.25, 0.3) is 0 Å². The molecule has 19 heavy (non-hydrogen) atoms. The van der Waals surface area contributed by atoms with Crippen molar-refractivity contribution in [2.75, 3.05) is 13.2 Å². The lowest BCUT2D eigenvalue weighted by atomic mass is 9.74. The number of ether oxygens (including phenoxy) is 1. The van der Waals surface area contributed by atoms with E-state index in [1.54, 1.807) is 11.6 Å². The monoisotopic (exact) mass is 325 g/mol. The molecule has 1 atom stereocenters. The van der Waals surface area contributed by atoms with E-state index in [2.05, 4.69) is 26.1 Å². The van der Waals surface area contributed by atoms with E-state index in [4.69, 9.17) is 4.74 Å². The van der Waals surface area contributed by atoms with E-state index in [9.17, 15) is 4.39 Å². The molecule has 0 amide bonds. The van der Waals surface area contributed by atoms with Crippen molar-refractivity contribution < 1.29 is 9.13 Å². The Kier molecular flexibility index (Phi) is 3.14. The highest BCUT2D eigenvalue weighted by Crippen LogP contribution is 2.45. The first kappa shape index (κ1) is 12.7. The second-order valence-electron chi connectivity index (χ2n) is 4.82. The first-order valence-corrected chi connectivity index (χ1v) is 6.74. The van der Waals surface area contributed by atoms with Crippen molar-refractivity contribution in [3.63, 3.8) is 0 Å². The molecule has 2 heterocycles. The molecule has 0 unspecified atom stereocenters. The van der Waals surface area contributed by atoms with Gasteiger partial charge in [0.05, 0.1) is 18.6 Å². The van der Waals surface area contributed by atoms with Gasteiger partial charge in [0.15, 0.2) is 12.0 Å². The van der Waals surface area contributed by atoms with Crippen molar-refractivity contribution in [3.05, 3.63) is 46.5 Å². The maximum atomic E-state index is 14.9. The minimum Gasteiger partial charge on any atom is -0.379 e. The SMILES string of the molecule is Cn1cnnc1[C@@H](F)C1(c2cccc(Br)c2)COC1. The zero-order valence-corrected chi connectivity index (χ0v) is 12.0. The number of nitrogens with zero attached hydrogens (tertiary/aromatic N) is 3. The summed E-state index contributed by atoms with van der Waals surface area (Å²) in [4.78, 5) is 0. The van der Waals surface area contributed by atoms with Crippen LogP contribution >= 0.6 is 15.9 Å². The fourth-order valence-corrected chi connectivity index (χ4v) is 2.75. The lowest BCUT2D eigenvalue weighted by Gasteiger charge is -2.43. The predicted molar refractivity (Wildman–Crippen MR) is 71.5 cm³/mol. The predicted octanol–water partition coefficient (Wildman–Crippen LogP) is 2.56. The van der Waals surface area contributed by atoms with Gasteiger partial charge in [-0.15, -0.1) is 10.2 Å². The van der Waals surface area contributed by atoms with E-state index >= 15 is 0 Å². The smallest absolute Gasteiger partial charge is 0.174 e. The Morgan fingerprint density at radius 2 is 2.26 bits per heavy atom. The zero-order valence-electron chi connectivity index (χ0n) is 10.4. The molecule has 1 aromatic carbocycles. The summed E-state index contributed by atoms with van der Waals surface area (Å²) in [5, 5.41) is 7.63. The van der Waals surface area contributed by atoms with Crippen LogP contribution in [0.1, 0.15) is 17.6 Å². The van der Waals surface area contributed by atoms with Gasteiger partial charge in [-0.25, -0.2) is 4.39 Å². The second kappa shape index (κ2) is 4.68. The molecule has 0 saturated carbocycles. The minimum atomic E-state index is -1.23. The molecule has 3 rings (SSSR count). The number of rotatable bonds is 3. The van der Waals surface area contributed by atoms with Gasteiger partial charge in [-0.3, -0.25) is 0 Å². The number of aromatic nitrogens is 3. The van der Waals surface area contributed by atoms with Crippen LogP contribution in [0.15, 0.2) is 35.1 Å². The van der Waals surface area contributed by atoms with Gasteiger partial charge in [-0.1, -0.05) is 28.1 Å². The fourth-order valence-electron chi connectivity index (χ4n) is 2.35. The Morgan fingerprint density at radius 1 is 1.47 bits per heavy atom. The third-order valence-electron chi connectivity index (χ3n) is 3.58. The third kappa shape index (κ3) is 1.99. The van der Waals surface area contributed by atoms with E-state index in [-0.39, 0.29) is 0 Å². The number of benzene rings is 1. The summed E-state index contributed by atoms with van der Waals surface area (Å²) in [5.41, 5.74) is 0.258. The highest BCUT2D eigenvalue weighted by Gasteiger charge is 2.50. The van der Waals surface area contributed by atoms with Crippen LogP contribution in [0.25, 0.3) is 0 Å². The van der Waals surface area contributed by atoms with Gasteiger partial charge in [0.2, 0.25) is 0 Å². The number of hydrogen-bond donors (Lipinski definition) is 0. The summed E-state index contributed by atoms with van der Waals surface area (Å²) in [6.45, 7) is 0.717. The van der Waals surface area contributed by atoms with Crippen LogP contribution < -0.4 is 0 Å². The Morgan fingerprint density at radius 3 is 2.79 bits per heavy atom. The van der Waals surface area contributed by atoms with Gasteiger partial charge < -0.3 is 9.30 Å². The quantitative estimate of drug-likeness (QED) is 0.870. The highest BCUT2D eigenvalue weighted by molar-refractivity contribution is 9.10. The molecule has 0 radical (unpaired) electrons. The van der Waals surface area contributed by atoms with Crippen molar-refractivity contribution in [2.45, 2.75) is 11.6 Å². The van der Waals surface area contributed by atoms with E-state index in [1.165, 1.54) is 6.33 Å². The summed E-state index contributed by atoms with van der Waals surface area (Å²) in [7, 11) is 1.75. The number of hydrogen-bond acceptors (Lipinski definition) is 3. The molecule has 1 aromatic heterocycles. The Bertz CT molecular complexity index is 597. The fraction of sp³-hybridized carbons (Fsp3) is 0.385. The zero-order chi connectivity index (χ0) is 13.5. The van der Waals surface area contributed by atoms with Gasteiger partial charge in [-0.05, 0) is 17.7 Å². The number of aryl methyl sites for hydroxylation is 1. The molecule has 4 nitrogen and oxygen atoms in total. The van der Waals surface area contributed by atoms with Gasteiger partial charge >= 0.3 is 0 Å². The normalized spacial score (nSPS) is 18.9. The molecule has 1 fully saturated rings. The lowest BCUT2D eigenvalue weighted by Crippen LogP contribution is -2.50. The maximum Gasteiger partial charge on any atom is 0.174 e. The van der Waals surface area contributed by atoms with E-state index in [1.807, 2.05) is 24.3 Å². The summed E-state index contributed by atoms with van der Waals surface area (Å²) in [6.07, 6.45) is 0.277. The van der Waals surface area contributed by atoms with E-state index in [0.717, 1.165) is 10.0 Å². The van der Waals surface area contributed by atoms with Crippen LogP contribution in [-0.2, 0) is 17.2 Å². The van der Waals surface area contributed by atoms with Crippen LogP contribution in [0.3, 0.4) is 0 Å². The Labute approximate surface area is 118 Å². The summed E-state index contributed by atoms with van der Waals surface area (Å²) in [6, 6.07) is 7.69. The van der Waals surface area contributed by atoms with Crippen molar-refractivity contribution in [1.29, 1.82) is 0 Å². The molecule has 100 valence electrons. The molecule has 6 heteroatoms. The van der Waals surface area contributed by atoms with Gasteiger partial charge in [0, 0.05) is 11.5 Å². The number of halogens is 2. The minimum absolute atomic E-state index is 0.336. The van der Waals surface area contributed by atoms with Gasteiger partial charge in [-0.2, -0.15) is 0 Å². The van der Waals surface area contributed by atoms with Crippen LogP contribution in [0.2, 0.25) is 0 Å². The molecule has 0 spiro atoms. The largest absolute Gasteiger partial charge is 0.379 e. The summed E-state index contributed by atoms with van der Waals surface area (Å²) >= 11 is 3.42. The highest BCUT2D eigenvalue weighted by atomic mass is 79.9. The van der Waals surface area contributed by atoms with Crippen molar-refractivity contribution in [2.24, 2.45) is 7.05 Å². The average molecular weight is 326 g/mol. The van der Waals surface area contributed by atoms with E-state index in [0.29, 0.717) is 19.0 Å². The Hall–Kier alpha value is -1.27. The molecule has 1 saturated heterocycles. The Balaban J connectivity index is 2.02. The summed E-state index contributed by atoms with van der Waals surface area (Å²) < 4.78 is 22.8. The molecule has 2 aromatic rings. The standard InChI is InChI=1S/C13H13BrFN3O/c1-18-8-16-17-12(18)11(15)13(6-19-7-13)9-3-2-4-10(14)5-9/h2-5,8,11H,6-7H2,1H3/t11-/m1/s1. The van der Waals surface area contributed by atoms with Crippen LogP contribution in [0.4, 0.5) is 4.39 Å². The molecule has 1 aliphatic heterocycles. The summed E-state index contributed by atoms with van der Waals surface area (Å²) in [5.74, 6) is 0.336. The van der Waals surface area contributed by atoms with Crippen molar-refractivity contribution >= 4 is 15.9 Å². The third-order valence-corrected chi connectivity index (χ3v) is 4.07.